The van der Waals surface area contributed by atoms with E-state index in [0.717, 1.165) is 42.8 Å². The van der Waals surface area contributed by atoms with E-state index in [1.807, 2.05) is 19.9 Å². The summed E-state index contributed by atoms with van der Waals surface area (Å²) < 4.78 is 6.68. The average Bonchev–Trinajstić information content (AvgIpc) is 3.34. The van der Waals surface area contributed by atoms with Crippen LogP contribution in [0, 0.1) is 0 Å². The fourth-order valence-corrected chi connectivity index (χ4v) is 3.63. The first kappa shape index (κ1) is 17.5. The van der Waals surface area contributed by atoms with Crippen molar-refractivity contribution in [3.05, 3.63) is 51.4 Å². The maximum absolute atomic E-state index is 13.0. The molecule has 142 valence electrons. The van der Waals surface area contributed by atoms with E-state index in [-0.39, 0.29) is 23.3 Å². The maximum Gasteiger partial charge on any atom is 0.293 e. The van der Waals surface area contributed by atoms with E-state index in [2.05, 4.69) is 15.2 Å². The Morgan fingerprint density at radius 3 is 2.78 bits per heavy atom. The van der Waals surface area contributed by atoms with Gasteiger partial charge in [-0.1, -0.05) is 19.0 Å². The van der Waals surface area contributed by atoms with E-state index in [9.17, 15) is 9.59 Å². The predicted octanol–water partition coefficient (Wildman–Crippen LogP) is 2.50. The topological polar surface area (TPSA) is 96.5 Å². The number of likely N-dealkylation sites (tertiary alicyclic amines) is 1. The van der Waals surface area contributed by atoms with Crippen molar-refractivity contribution < 1.29 is 9.32 Å². The van der Waals surface area contributed by atoms with Crippen molar-refractivity contribution in [3.8, 4) is 0 Å². The number of nitrogens with zero attached hydrogens (tertiary/aromatic N) is 4. The first-order valence-corrected chi connectivity index (χ1v) is 9.48. The number of aromatic nitrogens is 4. The highest BCUT2D eigenvalue weighted by atomic mass is 16.5. The van der Waals surface area contributed by atoms with Gasteiger partial charge in [0.15, 0.2) is 5.65 Å². The van der Waals surface area contributed by atoms with Gasteiger partial charge in [0.2, 0.25) is 5.76 Å². The minimum atomic E-state index is -0.167. The fraction of sp³-hybridized carbons (Fsp3) is 0.474. The number of nitrogens with one attached hydrogen (secondary N) is 1. The molecule has 4 heterocycles. The molecular formula is C19H23N5O3. The summed E-state index contributed by atoms with van der Waals surface area (Å²) in [4.78, 5) is 31.6. The molecule has 1 fully saturated rings. The normalized spacial score (nSPS) is 17.6. The molecule has 0 aromatic carbocycles. The molecule has 1 aliphatic heterocycles. The Kier molecular flexibility index (Phi) is 4.55. The van der Waals surface area contributed by atoms with E-state index in [0.29, 0.717) is 18.6 Å². The van der Waals surface area contributed by atoms with Crippen LogP contribution < -0.4 is 5.56 Å². The van der Waals surface area contributed by atoms with Crippen LogP contribution in [0.1, 0.15) is 66.8 Å². The second-order valence-corrected chi connectivity index (χ2v) is 6.89. The maximum atomic E-state index is 13.0. The number of hydrogen-bond donors (Lipinski definition) is 1. The van der Waals surface area contributed by atoms with Crippen molar-refractivity contribution >= 4 is 11.6 Å². The molecule has 4 rings (SSSR count). The van der Waals surface area contributed by atoms with E-state index in [1.165, 1.54) is 10.6 Å². The van der Waals surface area contributed by atoms with Gasteiger partial charge in [-0.3, -0.25) is 14.7 Å². The molecule has 0 aliphatic carbocycles. The number of amides is 1. The summed E-state index contributed by atoms with van der Waals surface area (Å²) in [7, 11) is 0. The van der Waals surface area contributed by atoms with Crippen molar-refractivity contribution in [2.45, 2.75) is 52.0 Å². The van der Waals surface area contributed by atoms with Gasteiger partial charge in [0.05, 0.1) is 17.4 Å². The lowest BCUT2D eigenvalue weighted by atomic mass is 9.99. The van der Waals surface area contributed by atoms with E-state index in [1.54, 1.807) is 11.0 Å². The van der Waals surface area contributed by atoms with Gasteiger partial charge in [-0.2, -0.15) is 0 Å². The summed E-state index contributed by atoms with van der Waals surface area (Å²) >= 11 is 0. The Morgan fingerprint density at radius 2 is 2.04 bits per heavy atom. The molecule has 1 aliphatic rings. The number of rotatable bonds is 4. The Bertz CT molecular complexity index is 1030. The first-order chi connectivity index (χ1) is 13.1. The predicted molar refractivity (Wildman–Crippen MR) is 98.7 cm³/mol. The summed E-state index contributed by atoms with van der Waals surface area (Å²) in [6, 6.07) is 4.97. The molecule has 0 bridgehead atoms. The number of fused-ring (bicyclic) bond motifs is 1. The molecule has 0 unspecified atom stereocenters. The average molecular weight is 369 g/mol. The zero-order chi connectivity index (χ0) is 19.0. The van der Waals surface area contributed by atoms with Crippen LogP contribution in [0.15, 0.2) is 27.5 Å². The molecule has 0 saturated carbocycles. The van der Waals surface area contributed by atoms with Gasteiger partial charge in [0.25, 0.3) is 11.5 Å². The van der Waals surface area contributed by atoms with Crippen molar-refractivity contribution in [2.24, 2.45) is 0 Å². The molecule has 3 aromatic rings. The van der Waals surface area contributed by atoms with Crippen LogP contribution in [0.4, 0.5) is 0 Å². The lowest BCUT2D eigenvalue weighted by molar-refractivity contribution is 0.0563. The molecule has 1 amide bonds. The van der Waals surface area contributed by atoms with Crippen molar-refractivity contribution in [1.29, 1.82) is 0 Å². The van der Waals surface area contributed by atoms with Gasteiger partial charge in [-0.15, -0.1) is 0 Å². The quantitative estimate of drug-likeness (QED) is 0.762. The fourth-order valence-electron chi connectivity index (χ4n) is 3.63. The van der Waals surface area contributed by atoms with Crippen LogP contribution >= 0.6 is 0 Å². The highest BCUT2D eigenvalue weighted by molar-refractivity contribution is 5.91. The first-order valence-electron chi connectivity index (χ1n) is 9.48. The van der Waals surface area contributed by atoms with Crippen molar-refractivity contribution in [1.82, 2.24) is 24.7 Å². The number of piperidine rings is 1. The van der Waals surface area contributed by atoms with Crippen LogP contribution in [0.5, 0.6) is 0 Å². The number of carbonyl (C=O) groups is 1. The smallest absolute Gasteiger partial charge is 0.293 e. The lowest BCUT2D eigenvalue weighted by Crippen LogP contribution is -2.38. The van der Waals surface area contributed by atoms with Gasteiger partial charge < -0.3 is 9.42 Å². The third kappa shape index (κ3) is 3.15. The second-order valence-electron chi connectivity index (χ2n) is 6.89. The highest BCUT2D eigenvalue weighted by Crippen LogP contribution is 2.31. The van der Waals surface area contributed by atoms with Crippen LogP contribution in [0.2, 0.25) is 0 Å². The Labute approximate surface area is 156 Å². The molecule has 0 radical (unpaired) electrons. The van der Waals surface area contributed by atoms with Crippen LogP contribution in [0.3, 0.4) is 0 Å². The summed E-state index contributed by atoms with van der Waals surface area (Å²) in [6.45, 7) is 4.58. The zero-order valence-electron chi connectivity index (χ0n) is 15.6. The SMILES string of the molecule is CCc1cc(C(=O)N2CCCC[C@@H]2c2cc3nc(CC)cc(=O)n3[nH]2)on1. The van der Waals surface area contributed by atoms with E-state index < -0.39 is 0 Å². The zero-order valence-corrected chi connectivity index (χ0v) is 15.6. The minimum absolute atomic E-state index is 0.139. The number of H-pyrrole nitrogens is 1. The number of aryl methyl sites for hydroxylation is 2. The molecule has 1 atom stereocenters. The Hall–Kier alpha value is -2.90. The van der Waals surface area contributed by atoms with Crippen LogP contribution in [-0.2, 0) is 12.8 Å². The molecule has 27 heavy (non-hydrogen) atoms. The Morgan fingerprint density at radius 1 is 1.22 bits per heavy atom. The third-order valence-corrected chi connectivity index (χ3v) is 5.14. The van der Waals surface area contributed by atoms with Crippen LogP contribution in [0.25, 0.3) is 5.65 Å². The third-order valence-electron chi connectivity index (χ3n) is 5.14. The van der Waals surface area contributed by atoms with Gasteiger partial charge in [0.1, 0.15) is 0 Å². The molecule has 8 nitrogen and oxygen atoms in total. The highest BCUT2D eigenvalue weighted by Gasteiger charge is 2.32. The molecule has 0 spiro atoms. The van der Waals surface area contributed by atoms with Gasteiger partial charge >= 0.3 is 0 Å². The lowest BCUT2D eigenvalue weighted by Gasteiger charge is -2.34. The molecule has 1 N–H and O–H groups in total. The summed E-state index contributed by atoms with van der Waals surface area (Å²) in [5, 5.41) is 7.07. The van der Waals surface area contributed by atoms with Crippen LogP contribution in [-0.4, -0.2) is 37.1 Å². The molecular weight excluding hydrogens is 346 g/mol. The number of aromatic amines is 1. The number of hydrogen-bond acceptors (Lipinski definition) is 5. The minimum Gasteiger partial charge on any atom is -0.351 e. The summed E-state index contributed by atoms with van der Waals surface area (Å²) in [5.41, 5.74) is 2.78. The van der Waals surface area contributed by atoms with Crippen molar-refractivity contribution in [3.63, 3.8) is 0 Å². The second kappa shape index (κ2) is 7.02. The summed E-state index contributed by atoms with van der Waals surface area (Å²) in [5.74, 6) is 0.0959. The van der Waals surface area contributed by atoms with Gasteiger partial charge in [0, 0.05) is 30.4 Å². The molecule has 8 heteroatoms. The van der Waals surface area contributed by atoms with Gasteiger partial charge in [-0.05, 0) is 32.1 Å². The largest absolute Gasteiger partial charge is 0.351 e. The van der Waals surface area contributed by atoms with E-state index >= 15 is 0 Å². The summed E-state index contributed by atoms with van der Waals surface area (Å²) in [6.07, 6.45) is 4.20. The Balaban J connectivity index is 1.70. The molecule has 3 aromatic heterocycles. The number of carbonyl (C=O) groups excluding carboxylic acids is 1. The standard InChI is InChI=1S/C19H23N5O3/c1-3-12-10-18(25)24-17(20-12)11-14(21-24)15-7-5-6-8-23(15)19(26)16-9-13(4-2)22-27-16/h9-11,15,21H,3-8H2,1-2H3/t15-/m1/s1. The monoisotopic (exact) mass is 369 g/mol. The van der Waals surface area contributed by atoms with Gasteiger partial charge in [-0.25, -0.2) is 9.50 Å². The van der Waals surface area contributed by atoms with Crippen molar-refractivity contribution in [2.75, 3.05) is 6.54 Å². The molecule has 1 saturated heterocycles. The van der Waals surface area contributed by atoms with E-state index in [4.69, 9.17) is 4.52 Å².